The van der Waals surface area contributed by atoms with E-state index >= 15 is 0 Å². The van der Waals surface area contributed by atoms with E-state index in [-0.39, 0.29) is 0 Å². The van der Waals surface area contributed by atoms with Crippen LogP contribution in [0.4, 0.5) is 0 Å². The minimum absolute atomic E-state index is 0.467. The van der Waals surface area contributed by atoms with Gasteiger partial charge in [-0.2, -0.15) is 0 Å². The third kappa shape index (κ3) is 1.78. The second-order valence-corrected chi connectivity index (χ2v) is 5.77. The topological polar surface area (TPSA) is 74.3 Å². The van der Waals surface area contributed by atoms with E-state index < -0.39 is 32.9 Å². The van der Waals surface area contributed by atoms with Crippen molar-refractivity contribution in [2.45, 2.75) is 33.6 Å². The molecular weight excluding hydrogens is 216 g/mol. The third-order valence-corrected chi connectivity index (χ3v) is 4.62. The molecule has 3 unspecified atom stereocenters. The molecule has 5 heteroatoms. The molecule has 0 N–H and O–H groups in total. The first-order valence-electron chi connectivity index (χ1n) is 4.86. The molecule has 15 heavy (non-hydrogen) atoms. The van der Waals surface area contributed by atoms with Crippen molar-refractivity contribution in [2.75, 3.05) is 0 Å². The van der Waals surface area contributed by atoms with E-state index in [0.717, 1.165) is 6.29 Å². The monoisotopic (exact) mass is 231 g/mol. The molecule has 0 bridgehead atoms. The number of aldehydes is 1. The highest BCUT2D eigenvalue weighted by molar-refractivity contribution is 7.95. The van der Waals surface area contributed by atoms with Gasteiger partial charge in [-0.25, -0.2) is 0 Å². The molecule has 0 aliphatic heterocycles. The maximum absolute atomic E-state index is 11.4. The molecule has 0 aromatic rings. The van der Waals surface area contributed by atoms with Crippen molar-refractivity contribution in [3.63, 3.8) is 0 Å². The predicted molar refractivity (Wildman–Crippen MR) is 54.6 cm³/mol. The first kappa shape index (κ1) is 12.5. The number of hydrogen-bond acceptors (Lipinski definition) is 4. The van der Waals surface area contributed by atoms with Gasteiger partial charge >= 0.3 is 0 Å². The van der Waals surface area contributed by atoms with Crippen LogP contribution in [-0.2, 0) is 20.7 Å². The highest BCUT2D eigenvalue weighted by Crippen LogP contribution is 2.55. The molecule has 0 aromatic carbocycles. The van der Waals surface area contributed by atoms with Gasteiger partial charge in [-0.3, -0.25) is 9.00 Å². The smallest absolute Gasteiger partial charge is 0.209 e. The zero-order valence-corrected chi connectivity index (χ0v) is 9.93. The van der Waals surface area contributed by atoms with Gasteiger partial charge in [-0.15, -0.1) is 0 Å². The van der Waals surface area contributed by atoms with Crippen LogP contribution in [0.3, 0.4) is 0 Å². The Morgan fingerprint density at radius 1 is 1.47 bits per heavy atom. The normalized spacial score (nSPS) is 36.1. The molecule has 1 rings (SSSR count). The molecule has 1 saturated carbocycles. The molecule has 86 valence electrons. The molecule has 1 aliphatic rings. The maximum atomic E-state index is 11.4. The Kier molecular flexibility index (Phi) is 3.16. The van der Waals surface area contributed by atoms with E-state index in [4.69, 9.17) is 0 Å². The Labute approximate surface area is 91.7 Å². The minimum atomic E-state index is -2.69. The van der Waals surface area contributed by atoms with Gasteiger partial charge in [0, 0.05) is 22.4 Å². The number of hydrogen-bond donors (Lipinski definition) is 0. The largest absolute Gasteiger partial charge is 0.766 e. The van der Waals surface area contributed by atoms with Crippen LogP contribution in [0.15, 0.2) is 0 Å². The van der Waals surface area contributed by atoms with E-state index in [9.17, 15) is 18.4 Å². The first-order valence-corrected chi connectivity index (χ1v) is 5.93. The second kappa shape index (κ2) is 3.79. The number of carbonyl (C=O) groups excluding carboxylic acids is 2. The van der Waals surface area contributed by atoms with E-state index in [0.29, 0.717) is 12.8 Å². The quantitative estimate of drug-likeness (QED) is 0.525. The third-order valence-electron chi connectivity index (χ3n) is 4.00. The van der Waals surface area contributed by atoms with E-state index in [2.05, 4.69) is 0 Å². The second-order valence-electron chi connectivity index (χ2n) is 4.90. The Balaban J connectivity index is 3.04. The summed E-state index contributed by atoms with van der Waals surface area (Å²) < 4.78 is 21.3. The van der Waals surface area contributed by atoms with Crippen LogP contribution < -0.4 is 0 Å². The van der Waals surface area contributed by atoms with Gasteiger partial charge in [0.25, 0.3) is 0 Å². The van der Waals surface area contributed by atoms with Crippen molar-refractivity contribution in [1.29, 1.82) is 0 Å². The molecule has 0 amide bonds. The predicted octanol–water partition coefficient (Wildman–Crippen LogP) is 1.03. The fourth-order valence-electron chi connectivity index (χ4n) is 2.26. The molecule has 1 fully saturated rings. The SMILES string of the molecule is CC1(C=O)CCC(C(=O)S(=O)[O-])C1(C)C. The van der Waals surface area contributed by atoms with Crippen LogP contribution in [0.25, 0.3) is 0 Å². The highest BCUT2D eigenvalue weighted by Gasteiger charge is 2.54. The lowest BCUT2D eigenvalue weighted by molar-refractivity contribution is -0.124. The number of carbonyl (C=O) groups is 2. The average Bonchev–Trinajstić information content (AvgIpc) is 2.38. The highest BCUT2D eigenvalue weighted by atomic mass is 32.2. The fourth-order valence-corrected chi connectivity index (χ4v) is 2.91. The van der Waals surface area contributed by atoms with E-state index in [1.54, 1.807) is 20.8 Å². The van der Waals surface area contributed by atoms with Gasteiger partial charge in [0.2, 0.25) is 5.12 Å². The molecule has 0 heterocycles. The Morgan fingerprint density at radius 2 is 2.00 bits per heavy atom. The molecule has 3 atom stereocenters. The lowest BCUT2D eigenvalue weighted by Gasteiger charge is -2.37. The Bertz CT molecular complexity index is 323. The minimum Gasteiger partial charge on any atom is -0.766 e. The van der Waals surface area contributed by atoms with Crippen molar-refractivity contribution >= 4 is 22.5 Å². The Morgan fingerprint density at radius 3 is 2.33 bits per heavy atom. The van der Waals surface area contributed by atoms with Crippen LogP contribution in [0.2, 0.25) is 0 Å². The summed E-state index contributed by atoms with van der Waals surface area (Å²) in [7, 11) is 0. The zero-order chi connectivity index (χ0) is 11.9. The molecule has 4 nitrogen and oxygen atoms in total. The number of rotatable bonds is 2. The summed E-state index contributed by atoms with van der Waals surface area (Å²) in [4.78, 5) is 22.5. The van der Waals surface area contributed by atoms with Gasteiger partial charge in [0.15, 0.2) is 0 Å². The standard InChI is InChI=1S/C10H16O4S/c1-9(2)7(8(12)15(13)14)4-5-10(9,3)6-11/h6-7H,4-5H2,1-3H3,(H,13,14)/p-1. The van der Waals surface area contributed by atoms with Crippen molar-refractivity contribution in [3.8, 4) is 0 Å². The molecular formula is C10H15O4S-. The average molecular weight is 231 g/mol. The molecule has 0 radical (unpaired) electrons. The molecule has 0 aromatic heterocycles. The van der Waals surface area contributed by atoms with Crippen molar-refractivity contribution in [1.82, 2.24) is 0 Å². The zero-order valence-electron chi connectivity index (χ0n) is 9.11. The van der Waals surface area contributed by atoms with Crippen molar-refractivity contribution in [3.05, 3.63) is 0 Å². The van der Waals surface area contributed by atoms with Gasteiger partial charge < -0.3 is 9.35 Å². The molecule has 1 aliphatic carbocycles. The van der Waals surface area contributed by atoms with Crippen LogP contribution in [-0.4, -0.2) is 20.2 Å². The van der Waals surface area contributed by atoms with E-state index in [1.807, 2.05) is 0 Å². The van der Waals surface area contributed by atoms with Gasteiger partial charge in [0.05, 0.1) is 0 Å². The first-order chi connectivity index (χ1) is 6.76. The van der Waals surface area contributed by atoms with Crippen LogP contribution in [0.1, 0.15) is 33.6 Å². The summed E-state index contributed by atoms with van der Waals surface area (Å²) in [6, 6.07) is 0. The Hall–Kier alpha value is -0.550. The summed E-state index contributed by atoms with van der Waals surface area (Å²) in [5.41, 5.74) is -1.20. The lowest BCUT2D eigenvalue weighted by Crippen LogP contribution is -2.39. The summed E-state index contributed by atoms with van der Waals surface area (Å²) in [6.45, 7) is 5.34. The van der Waals surface area contributed by atoms with Gasteiger partial charge in [0.1, 0.15) is 6.29 Å². The maximum Gasteiger partial charge on any atom is 0.209 e. The summed E-state index contributed by atoms with van der Waals surface area (Å²) >= 11 is -2.69. The molecule has 0 saturated heterocycles. The van der Waals surface area contributed by atoms with Crippen molar-refractivity contribution in [2.24, 2.45) is 16.7 Å². The van der Waals surface area contributed by atoms with Gasteiger partial charge in [-0.05, 0) is 18.3 Å². The summed E-state index contributed by atoms with van der Waals surface area (Å²) in [5.74, 6) is -0.564. The molecule has 0 spiro atoms. The van der Waals surface area contributed by atoms with Crippen molar-refractivity contribution < 1.29 is 18.4 Å². The summed E-state index contributed by atoms with van der Waals surface area (Å²) in [6.07, 6.45) is 1.88. The van der Waals surface area contributed by atoms with Crippen LogP contribution >= 0.6 is 0 Å². The van der Waals surface area contributed by atoms with Gasteiger partial charge in [-0.1, -0.05) is 20.8 Å². The van der Waals surface area contributed by atoms with Crippen LogP contribution in [0, 0.1) is 16.7 Å². The van der Waals surface area contributed by atoms with E-state index in [1.165, 1.54) is 0 Å². The fraction of sp³-hybridized carbons (Fsp3) is 0.800. The lowest BCUT2D eigenvalue weighted by atomic mass is 9.67. The van der Waals surface area contributed by atoms with Crippen LogP contribution in [0.5, 0.6) is 0 Å². The summed E-state index contributed by atoms with van der Waals surface area (Å²) in [5, 5.41) is -0.773.